The van der Waals surface area contributed by atoms with Crippen molar-refractivity contribution in [2.24, 2.45) is 16.8 Å². The van der Waals surface area contributed by atoms with E-state index < -0.39 is 15.9 Å². The predicted octanol–water partition coefficient (Wildman–Crippen LogP) is 4.37. The summed E-state index contributed by atoms with van der Waals surface area (Å²) in [5.74, 6) is -0.709. The van der Waals surface area contributed by atoms with Crippen LogP contribution in [0.2, 0.25) is 5.02 Å². The molecule has 7 nitrogen and oxygen atoms in total. The molecular formula is C26H31ClN4O3S. The summed E-state index contributed by atoms with van der Waals surface area (Å²) < 4.78 is 25.5. The number of halogens is 1. The van der Waals surface area contributed by atoms with Gasteiger partial charge in [0.2, 0.25) is 15.9 Å². The number of benzene rings is 2. The molecule has 2 aliphatic heterocycles. The number of rotatable bonds is 7. The van der Waals surface area contributed by atoms with Gasteiger partial charge in [0, 0.05) is 55.0 Å². The maximum atomic E-state index is 13.7. The van der Waals surface area contributed by atoms with Crippen LogP contribution in [-0.4, -0.2) is 67.9 Å². The van der Waals surface area contributed by atoms with E-state index in [1.165, 1.54) is 22.3 Å². The average molecular weight is 515 g/mol. The quantitative estimate of drug-likeness (QED) is 0.556. The topological polar surface area (TPSA) is 93.9 Å². The summed E-state index contributed by atoms with van der Waals surface area (Å²) in [6, 6.07) is 17.3. The molecule has 2 fully saturated rings. The Labute approximate surface area is 212 Å². The van der Waals surface area contributed by atoms with Gasteiger partial charge in [-0.3, -0.25) is 9.79 Å². The van der Waals surface area contributed by atoms with Crippen LogP contribution in [0.1, 0.15) is 30.7 Å². The molecule has 0 aromatic heterocycles. The fourth-order valence-electron chi connectivity index (χ4n) is 5.00. The van der Waals surface area contributed by atoms with Gasteiger partial charge in [-0.15, -0.1) is 0 Å². The second-order valence-corrected chi connectivity index (χ2v) is 11.7. The zero-order chi connectivity index (χ0) is 25.0. The Balaban J connectivity index is 1.58. The first kappa shape index (κ1) is 25.5. The molecular weight excluding hydrogens is 484 g/mol. The van der Waals surface area contributed by atoms with E-state index in [9.17, 15) is 13.2 Å². The van der Waals surface area contributed by atoms with Crippen molar-refractivity contribution in [1.82, 2.24) is 9.21 Å². The summed E-state index contributed by atoms with van der Waals surface area (Å²) in [7, 11) is -3.27. The van der Waals surface area contributed by atoms with Gasteiger partial charge in [0.1, 0.15) is 5.92 Å². The van der Waals surface area contributed by atoms with Gasteiger partial charge in [-0.25, -0.2) is 12.7 Å². The Morgan fingerprint density at radius 3 is 2.31 bits per heavy atom. The molecule has 0 radical (unpaired) electrons. The number of piperidine rings is 1. The fraction of sp³-hybridized carbons (Fsp3) is 0.423. The Morgan fingerprint density at radius 2 is 1.71 bits per heavy atom. The van der Waals surface area contributed by atoms with Crippen LogP contribution in [0.15, 0.2) is 59.6 Å². The second-order valence-electron chi connectivity index (χ2n) is 9.27. The molecule has 2 atom stereocenters. The first-order chi connectivity index (χ1) is 16.8. The Bertz CT molecular complexity index is 1180. The molecule has 186 valence electrons. The summed E-state index contributed by atoms with van der Waals surface area (Å²) in [4.78, 5) is 20.4. The number of nitrogens with one attached hydrogen (secondary N) is 1. The summed E-state index contributed by atoms with van der Waals surface area (Å²) in [5.41, 5.74) is 2.51. The van der Waals surface area contributed by atoms with Gasteiger partial charge in [0.15, 0.2) is 0 Å². The largest absolute Gasteiger partial charge is 0.341 e. The zero-order valence-electron chi connectivity index (χ0n) is 19.8. The minimum atomic E-state index is -3.27. The minimum Gasteiger partial charge on any atom is -0.341 e. The van der Waals surface area contributed by atoms with Crippen LogP contribution in [0.4, 0.5) is 5.69 Å². The lowest BCUT2D eigenvalue weighted by Gasteiger charge is -2.33. The maximum absolute atomic E-state index is 13.7. The number of amides is 1. The molecule has 2 aromatic carbocycles. The van der Waals surface area contributed by atoms with E-state index in [-0.39, 0.29) is 17.7 Å². The number of nitrogens with zero attached hydrogens (tertiary/aromatic N) is 3. The highest BCUT2D eigenvalue weighted by Gasteiger charge is 2.37. The van der Waals surface area contributed by atoms with Gasteiger partial charge in [0.05, 0.1) is 11.9 Å². The van der Waals surface area contributed by atoms with Crippen LogP contribution >= 0.6 is 11.6 Å². The van der Waals surface area contributed by atoms with Crippen molar-refractivity contribution >= 4 is 45.1 Å². The van der Waals surface area contributed by atoms with Crippen LogP contribution in [0, 0.1) is 17.2 Å². The Morgan fingerprint density at radius 1 is 1.06 bits per heavy atom. The highest BCUT2D eigenvalue weighted by atomic mass is 35.5. The lowest BCUT2D eigenvalue weighted by molar-refractivity contribution is -0.130. The van der Waals surface area contributed by atoms with E-state index in [0.717, 1.165) is 6.42 Å². The van der Waals surface area contributed by atoms with Crippen molar-refractivity contribution in [2.75, 3.05) is 32.4 Å². The molecule has 2 heterocycles. The van der Waals surface area contributed by atoms with E-state index in [1.807, 2.05) is 23.1 Å². The normalized spacial score (nSPS) is 21.1. The van der Waals surface area contributed by atoms with Crippen molar-refractivity contribution in [3.8, 4) is 0 Å². The van der Waals surface area contributed by atoms with Crippen LogP contribution in [0.3, 0.4) is 0 Å². The molecule has 2 aliphatic rings. The highest BCUT2D eigenvalue weighted by Crippen LogP contribution is 2.31. The van der Waals surface area contributed by atoms with Crippen molar-refractivity contribution in [3.63, 3.8) is 0 Å². The van der Waals surface area contributed by atoms with Crippen LogP contribution < -0.4 is 0 Å². The molecule has 0 aliphatic carbocycles. The van der Waals surface area contributed by atoms with Gasteiger partial charge in [0.25, 0.3) is 0 Å². The van der Waals surface area contributed by atoms with Crippen LogP contribution in [0.25, 0.3) is 0 Å². The van der Waals surface area contributed by atoms with Gasteiger partial charge in [-0.1, -0.05) is 41.9 Å². The monoisotopic (exact) mass is 514 g/mol. The fourth-order valence-corrected chi connectivity index (χ4v) is 6.00. The molecule has 2 aromatic rings. The van der Waals surface area contributed by atoms with Crippen molar-refractivity contribution < 1.29 is 13.2 Å². The summed E-state index contributed by atoms with van der Waals surface area (Å²) >= 11 is 6.04. The first-order valence-electron chi connectivity index (χ1n) is 11.9. The molecule has 0 saturated carbocycles. The molecule has 0 spiro atoms. The average Bonchev–Trinajstić information content (AvgIpc) is 3.36. The number of hydrogen-bond donors (Lipinski definition) is 1. The lowest BCUT2D eigenvalue weighted by atomic mass is 9.85. The Kier molecular flexibility index (Phi) is 8.04. The SMILES string of the molecule is CS(=O)(=O)N1CCC(C(=Nc2ccc(Cl)cc2)C(C=N)C(=O)N2CCC(c3ccccc3)C2)CC1. The van der Waals surface area contributed by atoms with Gasteiger partial charge in [-0.2, -0.15) is 0 Å². The second kappa shape index (κ2) is 11.0. The van der Waals surface area contributed by atoms with Crippen molar-refractivity contribution in [1.29, 1.82) is 5.41 Å². The number of carbonyl (C=O) groups is 1. The molecule has 4 rings (SSSR count). The number of sulfonamides is 1. The summed E-state index contributed by atoms with van der Waals surface area (Å²) in [6.07, 6.45) is 4.41. The van der Waals surface area contributed by atoms with Crippen molar-refractivity contribution in [2.45, 2.75) is 25.2 Å². The molecule has 2 unspecified atom stereocenters. The molecule has 1 amide bonds. The van der Waals surface area contributed by atoms with E-state index in [0.29, 0.717) is 55.4 Å². The molecule has 1 N–H and O–H groups in total. The third kappa shape index (κ3) is 6.18. The predicted molar refractivity (Wildman–Crippen MR) is 140 cm³/mol. The smallest absolute Gasteiger partial charge is 0.236 e. The standard InChI is InChI=1S/C26H31ClN4O3S/c1-35(33,34)31-15-12-20(13-16-31)25(29-23-9-7-22(27)8-10-23)24(17-28)26(32)30-14-11-21(18-30)19-5-3-2-4-6-19/h2-10,17,20-21,24,28H,11-16,18H2,1H3. The molecule has 9 heteroatoms. The third-order valence-electron chi connectivity index (χ3n) is 6.95. The molecule has 35 heavy (non-hydrogen) atoms. The number of likely N-dealkylation sites (tertiary alicyclic amines) is 1. The molecule has 0 bridgehead atoms. The van der Waals surface area contributed by atoms with E-state index in [4.69, 9.17) is 22.0 Å². The van der Waals surface area contributed by atoms with E-state index >= 15 is 0 Å². The lowest BCUT2D eigenvalue weighted by Crippen LogP contribution is -2.45. The molecule has 2 saturated heterocycles. The zero-order valence-corrected chi connectivity index (χ0v) is 21.4. The van der Waals surface area contributed by atoms with E-state index in [1.54, 1.807) is 24.3 Å². The summed E-state index contributed by atoms with van der Waals surface area (Å²) in [6.45, 7) is 2.01. The maximum Gasteiger partial charge on any atom is 0.236 e. The first-order valence-corrected chi connectivity index (χ1v) is 14.1. The minimum absolute atomic E-state index is 0.0910. The number of hydrogen-bond acceptors (Lipinski definition) is 5. The van der Waals surface area contributed by atoms with E-state index in [2.05, 4.69) is 12.1 Å². The van der Waals surface area contributed by atoms with Crippen LogP contribution in [0.5, 0.6) is 0 Å². The van der Waals surface area contributed by atoms with Gasteiger partial charge < -0.3 is 10.3 Å². The summed E-state index contributed by atoms with van der Waals surface area (Å²) in [5, 5.41) is 8.77. The van der Waals surface area contributed by atoms with Gasteiger partial charge in [-0.05, 0) is 49.1 Å². The van der Waals surface area contributed by atoms with Crippen LogP contribution in [-0.2, 0) is 14.8 Å². The number of aliphatic imine (C=N–C) groups is 1. The number of carbonyl (C=O) groups excluding carboxylic acids is 1. The Hall–Kier alpha value is -2.55. The highest BCUT2D eigenvalue weighted by molar-refractivity contribution is 7.88. The third-order valence-corrected chi connectivity index (χ3v) is 8.50. The van der Waals surface area contributed by atoms with Gasteiger partial charge >= 0.3 is 0 Å². The van der Waals surface area contributed by atoms with Crippen molar-refractivity contribution in [3.05, 3.63) is 65.2 Å².